The zero-order valence-corrected chi connectivity index (χ0v) is 13.3. The second kappa shape index (κ2) is 7.46. The Morgan fingerprint density at radius 2 is 2.10 bits per heavy atom. The second-order valence-electron chi connectivity index (χ2n) is 5.90. The molecule has 1 aromatic rings. The van der Waals surface area contributed by atoms with Gasteiger partial charge in [0.05, 0.1) is 13.0 Å². The molecule has 1 amide bonds. The smallest absolute Gasteiger partial charge is 0.224 e. The lowest BCUT2D eigenvalue weighted by molar-refractivity contribution is -0.121. The zero-order valence-electron chi connectivity index (χ0n) is 13.3. The summed E-state index contributed by atoms with van der Waals surface area (Å²) < 4.78 is 5.40. The van der Waals surface area contributed by atoms with Crippen molar-refractivity contribution in [1.82, 2.24) is 10.2 Å². The number of hydrogen-bond donors (Lipinski definition) is 1. The minimum absolute atomic E-state index is 0.106. The number of benzene rings is 1. The van der Waals surface area contributed by atoms with Crippen LogP contribution in [0, 0.1) is 0 Å². The summed E-state index contributed by atoms with van der Waals surface area (Å²) in [4.78, 5) is 14.5. The summed E-state index contributed by atoms with van der Waals surface area (Å²) in [6, 6.07) is 8.60. The molecule has 116 valence electrons. The number of carbonyl (C=O) groups is 1. The van der Waals surface area contributed by atoms with E-state index in [-0.39, 0.29) is 5.91 Å². The van der Waals surface area contributed by atoms with Gasteiger partial charge in [0.1, 0.15) is 5.75 Å². The highest BCUT2D eigenvalue weighted by Gasteiger charge is 2.25. The molecule has 1 aliphatic rings. The molecular formula is C17H26N2O2. The highest BCUT2D eigenvalue weighted by Crippen LogP contribution is 2.14. The number of ether oxygens (including phenoxy) is 1. The van der Waals surface area contributed by atoms with Crippen molar-refractivity contribution in [2.45, 2.75) is 45.7 Å². The maximum absolute atomic E-state index is 12.1. The Hall–Kier alpha value is -1.55. The first-order valence-corrected chi connectivity index (χ1v) is 7.83. The highest BCUT2D eigenvalue weighted by atomic mass is 16.5. The first-order chi connectivity index (χ1) is 10.1. The molecule has 1 fully saturated rings. The van der Waals surface area contributed by atoms with Crippen LogP contribution in [0.5, 0.6) is 5.75 Å². The number of hydrogen-bond acceptors (Lipinski definition) is 3. The summed E-state index contributed by atoms with van der Waals surface area (Å²) in [5, 5.41) is 3.14. The van der Waals surface area contributed by atoms with Gasteiger partial charge in [-0.05, 0) is 44.9 Å². The molecule has 4 nitrogen and oxygen atoms in total. The van der Waals surface area contributed by atoms with Gasteiger partial charge in [-0.2, -0.15) is 0 Å². The Labute approximate surface area is 127 Å². The third-order valence-electron chi connectivity index (χ3n) is 3.91. The van der Waals surface area contributed by atoms with Gasteiger partial charge in [0.2, 0.25) is 5.91 Å². The number of carbonyl (C=O) groups excluding carboxylic acids is 1. The molecule has 0 spiro atoms. The third-order valence-corrected chi connectivity index (χ3v) is 3.91. The lowest BCUT2D eigenvalue weighted by Crippen LogP contribution is -2.39. The molecule has 0 radical (unpaired) electrons. The van der Waals surface area contributed by atoms with Crippen LogP contribution in [0.1, 0.15) is 32.8 Å². The summed E-state index contributed by atoms with van der Waals surface area (Å²) in [7, 11) is 0. The minimum atomic E-state index is 0.106. The van der Waals surface area contributed by atoms with Gasteiger partial charge >= 0.3 is 0 Å². The molecule has 2 rings (SSSR count). The van der Waals surface area contributed by atoms with E-state index in [1.54, 1.807) is 0 Å². The van der Waals surface area contributed by atoms with Crippen LogP contribution in [0.15, 0.2) is 24.3 Å². The number of likely N-dealkylation sites (tertiary alicyclic amines) is 1. The van der Waals surface area contributed by atoms with Crippen molar-refractivity contribution in [1.29, 1.82) is 0 Å². The van der Waals surface area contributed by atoms with Crippen LogP contribution in [0.4, 0.5) is 0 Å². The van der Waals surface area contributed by atoms with Gasteiger partial charge < -0.3 is 10.1 Å². The van der Waals surface area contributed by atoms with E-state index in [0.717, 1.165) is 30.8 Å². The first-order valence-electron chi connectivity index (χ1n) is 7.83. The Balaban J connectivity index is 1.79. The van der Waals surface area contributed by atoms with E-state index >= 15 is 0 Å². The third kappa shape index (κ3) is 4.74. The van der Waals surface area contributed by atoms with Crippen molar-refractivity contribution < 1.29 is 9.53 Å². The van der Waals surface area contributed by atoms with Crippen LogP contribution in [0.25, 0.3) is 0 Å². The normalized spacial score (nSPS) is 19.0. The Bertz CT molecular complexity index is 456. The van der Waals surface area contributed by atoms with E-state index in [0.29, 0.717) is 25.1 Å². The number of nitrogens with zero attached hydrogens (tertiary/aromatic N) is 1. The quantitative estimate of drug-likeness (QED) is 0.873. The van der Waals surface area contributed by atoms with E-state index in [2.05, 4.69) is 24.1 Å². The molecule has 1 N–H and O–H groups in total. The maximum atomic E-state index is 12.1. The summed E-state index contributed by atoms with van der Waals surface area (Å²) in [6.45, 7) is 9.06. The lowest BCUT2D eigenvalue weighted by atomic mass is 10.1. The molecule has 0 aromatic heterocycles. The molecule has 0 bridgehead atoms. The predicted octanol–water partition coefficient (Wildman–Crippen LogP) is 2.23. The van der Waals surface area contributed by atoms with Gasteiger partial charge in [-0.3, -0.25) is 9.69 Å². The zero-order chi connectivity index (χ0) is 15.2. The molecule has 1 saturated heterocycles. The van der Waals surface area contributed by atoms with Crippen molar-refractivity contribution in [3.63, 3.8) is 0 Å². The van der Waals surface area contributed by atoms with Gasteiger partial charge in [-0.25, -0.2) is 0 Å². The van der Waals surface area contributed by atoms with Crippen molar-refractivity contribution in [3.8, 4) is 5.75 Å². The van der Waals surface area contributed by atoms with Crippen molar-refractivity contribution in [3.05, 3.63) is 29.8 Å². The molecule has 1 aliphatic heterocycles. The van der Waals surface area contributed by atoms with E-state index in [1.165, 1.54) is 0 Å². The van der Waals surface area contributed by atoms with Gasteiger partial charge in [0, 0.05) is 25.2 Å². The topological polar surface area (TPSA) is 41.6 Å². The van der Waals surface area contributed by atoms with E-state index < -0.39 is 0 Å². The van der Waals surface area contributed by atoms with Crippen LogP contribution < -0.4 is 10.1 Å². The highest BCUT2D eigenvalue weighted by molar-refractivity contribution is 5.78. The van der Waals surface area contributed by atoms with Crippen LogP contribution in [0.3, 0.4) is 0 Å². The molecule has 1 heterocycles. The summed E-state index contributed by atoms with van der Waals surface area (Å²) in [5.74, 6) is 0.958. The number of amides is 1. The van der Waals surface area contributed by atoms with E-state index in [9.17, 15) is 4.79 Å². The second-order valence-corrected chi connectivity index (χ2v) is 5.90. The van der Waals surface area contributed by atoms with E-state index in [1.807, 2.05) is 31.2 Å². The van der Waals surface area contributed by atoms with Gasteiger partial charge in [-0.15, -0.1) is 0 Å². The summed E-state index contributed by atoms with van der Waals surface area (Å²) in [5.41, 5.74) is 1.02. The molecule has 0 saturated carbocycles. The van der Waals surface area contributed by atoms with Crippen LogP contribution >= 0.6 is 0 Å². The molecular weight excluding hydrogens is 264 g/mol. The standard InChI is InChI=1S/C17H26N2O2/c1-4-21-16-7-5-14(6-8-16)11-17(20)18-15-9-10-19(12-15)13(2)3/h5-8,13,15H,4,9-12H2,1-3H3,(H,18,20). The first kappa shape index (κ1) is 15.8. The van der Waals surface area contributed by atoms with Gasteiger partial charge in [0.15, 0.2) is 0 Å². The fourth-order valence-electron chi connectivity index (χ4n) is 2.71. The fraction of sp³-hybridized carbons (Fsp3) is 0.588. The Morgan fingerprint density at radius 3 is 2.67 bits per heavy atom. The molecule has 0 aliphatic carbocycles. The van der Waals surface area contributed by atoms with Crippen molar-refractivity contribution >= 4 is 5.91 Å². The Morgan fingerprint density at radius 1 is 1.38 bits per heavy atom. The van der Waals surface area contributed by atoms with Crippen molar-refractivity contribution in [2.75, 3.05) is 19.7 Å². The molecule has 1 unspecified atom stereocenters. The minimum Gasteiger partial charge on any atom is -0.494 e. The lowest BCUT2D eigenvalue weighted by Gasteiger charge is -2.20. The number of nitrogens with one attached hydrogen (secondary N) is 1. The average molecular weight is 290 g/mol. The predicted molar refractivity (Wildman–Crippen MR) is 84.6 cm³/mol. The van der Waals surface area contributed by atoms with Gasteiger partial charge in [0.25, 0.3) is 0 Å². The van der Waals surface area contributed by atoms with Crippen molar-refractivity contribution in [2.24, 2.45) is 0 Å². The molecule has 1 atom stereocenters. The molecule has 21 heavy (non-hydrogen) atoms. The maximum Gasteiger partial charge on any atom is 0.224 e. The van der Waals surface area contributed by atoms with E-state index in [4.69, 9.17) is 4.74 Å². The fourth-order valence-corrected chi connectivity index (χ4v) is 2.71. The molecule has 4 heteroatoms. The monoisotopic (exact) mass is 290 g/mol. The molecule has 1 aromatic carbocycles. The number of rotatable bonds is 6. The van der Waals surface area contributed by atoms with Gasteiger partial charge in [-0.1, -0.05) is 12.1 Å². The Kier molecular flexibility index (Phi) is 5.62. The largest absolute Gasteiger partial charge is 0.494 e. The van der Waals surface area contributed by atoms with Crippen LogP contribution in [-0.4, -0.2) is 42.6 Å². The summed E-state index contributed by atoms with van der Waals surface area (Å²) >= 11 is 0. The van der Waals surface area contributed by atoms with Crippen LogP contribution in [-0.2, 0) is 11.2 Å². The summed E-state index contributed by atoms with van der Waals surface area (Å²) in [6.07, 6.45) is 1.48. The van der Waals surface area contributed by atoms with Crippen LogP contribution in [0.2, 0.25) is 0 Å². The average Bonchev–Trinajstić information content (AvgIpc) is 2.90. The SMILES string of the molecule is CCOc1ccc(CC(=O)NC2CCN(C(C)C)C2)cc1.